The van der Waals surface area contributed by atoms with Crippen molar-refractivity contribution in [2.45, 2.75) is 38.7 Å². The van der Waals surface area contributed by atoms with Crippen LogP contribution < -0.4 is 19.7 Å². The molecule has 1 unspecified atom stereocenters. The van der Waals surface area contributed by atoms with Crippen molar-refractivity contribution in [3.8, 4) is 11.5 Å². The number of hydrogen-bond donors (Lipinski definition) is 1. The number of amides is 1. The second kappa shape index (κ2) is 12.6. The van der Waals surface area contributed by atoms with Crippen LogP contribution in [0.2, 0.25) is 0 Å². The first-order chi connectivity index (χ1) is 18.2. The van der Waals surface area contributed by atoms with Gasteiger partial charge in [0.1, 0.15) is 6.73 Å². The molecule has 3 heterocycles. The maximum absolute atomic E-state index is 13.1. The Morgan fingerprint density at radius 3 is 2.51 bits per heavy atom. The maximum Gasteiger partial charge on any atom is 0.265 e. The number of nitrogens with zero attached hydrogens (tertiary/aromatic N) is 3. The number of aryl methyl sites for hydroxylation is 1. The van der Waals surface area contributed by atoms with E-state index in [1.807, 2.05) is 36.4 Å². The fraction of sp³-hybridized carbons (Fsp3) is 0.552. The number of para-hydroxylation sites is 1. The zero-order valence-electron chi connectivity index (χ0n) is 22.0. The van der Waals surface area contributed by atoms with E-state index in [9.17, 15) is 4.79 Å². The number of anilines is 2. The monoisotopic (exact) mass is 508 g/mol. The normalized spacial score (nSPS) is 20.7. The molecule has 3 aliphatic heterocycles. The average molecular weight is 509 g/mol. The molecule has 1 atom stereocenters. The van der Waals surface area contributed by atoms with Crippen LogP contribution in [0.15, 0.2) is 42.5 Å². The van der Waals surface area contributed by atoms with Crippen LogP contribution in [0.4, 0.5) is 11.4 Å². The Morgan fingerprint density at radius 1 is 1.00 bits per heavy atom. The van der Waals surface area contributed by atoms with Gasteiger partial charge in [0.15, 0.2) is 17.6 Å². The van der Waals surface area contributed by atoms with E-state index in [1.54, 1.807) is 0 Å². The minimum Gasteiger partial charge on any atom is -0.476 e. The molecule has 0 radical (unpaired) electrons. The summed E-state index contributed by atoms with van der Waals surface area (Å²) in [4.78, 5) is 20.2. The van der Waals surface area contributed by atoms with Crippen LogP contribution in [0.5, 0.6) is 11.5 Å². The van der Waals surface area contributed by atoms with E-state index in [0.717, 1.165) is 81.6 Å². The van der Waals surface area contributed by atoms with Gasteiger partial charge in [-0.3, -0.25) is 9.69 Å². The van der Waals surface area contributed by atoms with E-state index >= 15 is 0 Å². The van der Waals surface area contributed by atoms with Gasteiger partial charge in [0.25, 0.3) is 5.91 Å². The number of fused-ring (bicyclic) bond motifs is 1. The number of piperazine rings is 1. The Morgan fingerprint density at radius 2 is 1.76 bits per heavy atom. The first kappa shape index (κ1) is 25.8. The molecule has 0 bridgehead atoms. The lowest BCUT2D eigenvalue weighted by molar-refractivity contribution is -0.123. The molecule has 0 aliphatic carbocycles. The number of hydrogen-bond acceptors (Lipinski definition) is 7. The van der Waals surface area contributed by atoms with Crippen molar-refractivity contribution in [2.24, 2.45) is 0 Å². The zero-order chi connectivity index (χ0) is 25.5. The molecule has 5 rings (SSSR count). The molecule has 1 amide bonds. The lowest BCUT2D eigenvalue weighted by Gasteiger charge is -2.34. The third-order valence-corrected chi connectivity index (χ3v) is 7.50. The topological polar surface area (TPSA) is 66.5 Å². The fourth-order valence-corrected chi connectivity index (χ4v) is 5.16. The van der Waals surface area contributed by atoms with Gasteiger partial charge in [-0.1, -0.05) is 25.5 Å². The summed E-state index contributed by atoms with van der Waals surface area (Å²) in [5.74, 6) is 1.30. The lowest BCUT2D eigenvalue weighted by atomic mass is 10.0. The summed E-state index contributed by atoms with van der Waals surface area (Å²) in [5, 5.41) is 3.03. The van der Waals surface area contributed by atoms with Crippen LogP contribution in [-0.4, -0.2) is 87.6 Å². The summed E-state index contributed by atoms with van der Waals surface area (Å²) >= 11 is 0. The molecular weight excluding hydrogens is 468 g/mol. The quantitative estimate of drug-likeness (QED) is 0.555. The molecule has 200 valence electrons. The molecule has 2 fully saturated rings. The molecule has 37 heavy (non-hydrogen) atoms. The van der Waals surface area contributed by atoms with Gasteiger partial charge in [-0.15, -0.1) is 0 Å². The number of benzene rings is 2. The van der Waals surface area contributed by atoms with E-state index in [2.05, 4.69) is 33.0 Å². The van der Waals surface area contributed by atoms with Gasteiger partial charge in [-0.2, -0.15) is 0 Å². The Kier molecular flexibility index (Phi) is 8.81. The first-order valence-corrected chi connectivity index (χ1v) is 13.8. The molecule has 2 aromatic rings. The Balaban J connectivity index is 1.14. The first-order valence-electron chi connectivity index (χ1n) is 13.8. The van der Waals surface area contributed by atoms with E-state index in [1.165, 1.54) is 19.4 Å². The van der Waals surface area contributed by atoms with Crippen molar-refractivity contribution in [1.29, 1.82) is 0 Å². The molecule has 0 spiro atoms. The van der Waals surface area contributed by atoms with Gasteiger partial charge in [0.2, 0.25) is 0 Å². The van der Waals surface area contributed by atoms with Crippen molar-refractivity contribution >= 4 is 17.3 Å². The molecule has 1 N–H and O–H groups in total. The molecule has 2 saturated heterocycles. The third kappa shape index (κ3) is 6.74. The van der Waals surface area contributed by atoms with Crippen LogP contribution in [-0.2, 0) is 16.0 Å². The summed E-state index contributed by atoms with van der Waals surface area (Å²) in [7, 11) is 0. The molecular formula is C29H40N4O4. The number of rotatable bonds is 9. The number of ether oxygens (including phenoxy) is 3. The van der Waals surface area contributed by atoms with E-state index in [-0.39, 0.29) is 5.91 Å². The highest BCUT2D eigenvalue weighted by molar-refractivity contribution is 5.94. The van der Waals surface area contributed by atoms with E-state index in [0.29, 0.717) is 18.9 Å². The molecule has 2 aromatic carbocycles. The third-order valence-electron chi connectivity index (χ3n) is 7.50. The largest absolute Gasteiger partial charge is 0.476 e. The summed E-state index contributed by atoms with van der Waals surface area (Å²) in [5.41, 5.74) is 3.02. The van der Waals surface area contributed by atoms with Gasteiger partial charge >= 0.3 is 0 Å². The summed E-state index contributed by atoms with van der Waals surface area (Å²) in [6.45, 7) is 11.4. The predicted octanol–water partition coefficient (Wildman–Crippen LogP) is 3.61. The average Bonchev–Trinajstić information content (AvgIpc) is 2.96. The molecule has 0 aromatic heterocycles. The maximum atomic E-state index is 13.1. The van der Waals surface area contributed by atoms with E-state index < -0.39 is 6.10 Å². The smallest absolute Gasteiger partial charge is 0.265 e. The predicted molar refractivity (Wildman–Crippen MR) is 146 cm³/mol. The molecule has 0 saturated carbocycles. The summed E-state index contributed by atoms with van der Waals surface area (Å²) in [6, 6.07) is 14.0. The fourth-order valence-electron chi connectivity index (χ4n) is 5.16. The van der Waals surface area contributed by atoms with Crippen LogP contribution in [0.1, 0.15) is 31.7 Å². The zero-order valence-corrected chi connectivity index (χ0v) is 22.0. The number of morpholine rings is 1. The Labute approximate surface area is 220 Å². The SMILES string of the molecule is CCCCN1CCN(COc2cccc3c2OC(C(=O)Nc2ccc(N4CCOCC4)cc2)CC3)CC1. The Bertz CT molecular complexity index is 1020. The summed E-state index contributed by atoms with van der Waals surface area (Å²) < 4.78 is 17.9. The molecule has 8 nitrogen and oxygen atoms in total. The molecule has 3 aliphatic rings. The van der Waals surface area contributed by atoms with Crippen LogP contribution in [0.3, 0.4) is 0 Å². The molecule has 8 heteroatoms. The van der Waals surface area contributed by atoms with Gasteiger partial charge in [-0.05, 0) is 61.7 Å². The van der Waals surface area contributed by atoms with Gasteiger partial charge in [0, 0.05) is 50.6 Å². The number of carbonyl (C=O) groups is 1. The standard InChI is InChI=1S/C29H40N4O4/c1-2-3-13-31-14-16-32(17-15-31)22-36-26-6-4-5-23-7-12-27(37-28(23)26)29(34)30-24-8-10-25(11-9-24)33-18-20-35-21-19-33/h4-6,8-11,27H,2-3,7,12-22H2,1H3,(H,30,34). The second-order valence-corrected chi connectivity index (χ2v) is 10.1. The minimum atomic E-state index is -0.543. The van der Waals surface area contributed by atoms with Crippen molar-refractivity contribution < 1.29 is 19.0 Å². The summed E-state index contributed by atoms with van der Waals surface area (Å²) in [6.07, 6.45) is 3.39. The van der Waals surface area contributed by atoms with E-state index in [4.69, 9.17) is 14.2 Å². The number of unbranched alkanes of at least 4 members (excludes halogenated alkanes) is 1. The Hall–Kier alpha value is -2.81. The van der Waals surface area contributed by atoms with Gasteiger partial charge < -0.3 is 29.3 Å². The van der Waals surface area contributed by atoms with Gasteiger partial charge in [-0.25, -0.2) is 0 Å². The van der Waals surface area contributed by atoms with Gasteiger partial charge in [0.05, 0.1) is 13.2 Å². The van der Waals surface area contributed by atoms with Crippen molar-refractivity contribution in [3.05, 3.63) is 48.0 Å². The highest BCUT2D eigenvalue weighted by atomic mass is 16.5. The highest BCUT2D eigenvalue weighted by Gasteiger charge is 2.29. The lowest BCUT2D eigenvalue weighted by Crippen LogP contribution is -2.47. The van der Waals surface area contributed by atoms with Crippen molar-refractivity contribution in [1.82, 2.24) is 9.80 Å². The number of carbonyl (C=O) groups excluding carboxylic acids is 1. The second-order valence-electron chi connectivity index (χ2n) is 10.1. The highest BCUT2D eigenvalue weighted by Crippen LogP contribution is 2.37. The van der Waals surface area contributed by atoms with Crippen molar-refractivity contribution in [2.75, 3.05) is 76.0 Å². The number of nitrogens with one attached hydrogen (secondary N) is 1. The van der Waals surface area contributed by atoms with Crippen LogP contribution in [0.25, 0.3) is 0 Å². The van der Waals surface area contributed by atoms with Crippen molar-refractivity contribution in [3.63, 3.8) is 0 Å². The minimum absolute atomic E-state index is 0.122. The van der Waals surface area contributed by atoms with Crippen LogP contribution in [0, 0.1) is 0 Å². The van der Waals surface area contributed by atoms with Crippen LogP contribution >= 0.6 is 0 Å².